The summed E-state index contributed by atoms with van der Waals surface area (Å²) in [4.78, 5) is 25.2. The van der Waals surface area contributed by atoms with Crippen LogP contribution >= 0.6 is 0 Å². The molecule has 146 valence electrons. The Bertz CT molecular complexity index is 1070. The molecule has 0 unspecified atom stereocenters. The Balaban J connectivity index is 2.18. The number of halogens is 2. The van der Waals surface area contributed by atoms with Crippen LogP contribution in [0.25, 0.3) is 10.9 Å². The molecule has 0 amide bonds. The number of phenolic OH excluding ortho intramolecular Hbond substituents is 1. The minimum Gasteiger partial charge on any atom is -0.505 e. The molecule has 0 radical (unpaired) electrons. The van der Waals surface area contributed by atoms with Gasteiger partial charge < -0.3 is 9.84 Å². The van der Waals surface area contributed by atoms with E-state index in [0.717, 1.165) is 18.2 Å². The van der Waals surface area contributed by atoms with Crippen LogP contribution in [0, 0.1) is 18.6 Å². The van der Waals surface area contributed by atoms with Gasteiger partial charge in [0, 0.05) is 22.7 Å². The van der Waals surface area contributed by atoms with Crippen molar-refractivity contribution in [2.24, 2.45) is 0 Å². The van der Waals surface area contributed by atoms with Crippen molar-refractivity contribution < 1.29 is 28.2 Å². The van der Waals surface area contributed by atoms with E-state index < -0.39 is 29.3 Å². The van der Waals surface area contributed by atoms with Crippen LogP contribution in [-0.4, -0.2) is 27.7 Å². The van der Waals surface area contributed by atoms with E-state index in [1.54, 1.807) is 20.8 Å². The number of phenols is 1. The number of esters is 1. The van der Waals surface area contributed by atoms with Crippen molar-refractivity contribution >= 4 is 22.8 Å². The molecule has 0 spiro atoms. The van der Waals surface area contributed by atoms with Crippen LogP contribution in [0.1, 0.15) is 35.5 Å². The molecule has 0 aliphatic rings. The fourth-order valence-electron chi connectivity index (χ4n) is 3.14. The van der Waals surface area contributed by atoms with Crippen molar-refractivity contribution in [1.82, 2.24) is 4.57 Å². The molecule has 7 heteroatoms. The molecule has 0 saturated heterocycles. The molecule has 0 fully saturated rings. The van der Waals surface area contributed by atoms with E-state index in [2.05, 4.69) is 0 Å². The first-order valence-electron chi connectivity index (χ1n) is 8.71. The highest BCUT2D eigenvalue weighted by molar-refractivity contribution is 6.05. The molecule has 5 nitrogen and oxygen atoms in total. The number of hydrogen-bond acceptors (Lipinski definition) is 4. The lowest BCUT2D eigenvalue weighted by atomic mass is 10.1. The van der Waals surface area contributed by atoms with Crippen molar-refractivity contribution in [3.8, 4) is 5.75 Å². The van der Waals surface area contributed by atoms with Gasteiger partial charge in [-0.05, 0) is 56.7 Å². The second-order valence-corrected chi connectivity index (χ2v) is 6.75. The normalized spacial score (nSPS) is 11.2. The van der Waals surface area contributed by atoms with Gasteiger partial charge in [0.25, 0.3) is 5.91 Å². The zero-order valence-corrected chi connectivity index (χ0v) is 15.6. The van der Waals surface area contributed by atoms with E-state index >= 15 is 0 Å². The quantitative estimate of drug-likeness (QED) is 0.684. The Labute approximate surface area is 160 Å². The number of carbonyl (C=O) groups is 2. The highest BCUT2D eigenvalue weighted by Gasteiger charge is 2.23. The standard InChI is InChI=1S/C21H19F2NO4/c1-11(2)28-20(26)9-15-12(3)24(18-10-17(23)19(25)8-16(15)18)21(27)13-4-6-14(22)7-5-13/h4-8,10-11,25H,9H2,1-3H3. The molecule has 0 aliphatic heterocycles. The maximum absolute atomic E-state index is 14.0. The molecule has 3 aromatic rings. The van der Waals surface area contributed by atoms with Gasteiger partial charge >= 0.3 is 5.97 Å². The summed E-state index contributed by atoms with van der Waals surface area (Å²) in [5.74, 6) is -2.98. The molecule has 0 atom stereocenters. The summed E-state index contributed by atoms with van der Waals surface area (Å²) >= 11 is 0. The van der Waals surface area contributed by atoms with Crippen LogP contribution in [0.2, 0.25) is 0 Å². The van der Waals surface area contributed by atoms with E-state index in [4.69, 9.17) is 4.74 Å². The van der Waals surface area contributed by atoms with Gasteiger partial charge in [0.1, 0.15) is 5.82 Å². The van der Waals surface area contributed by atoms with Gasteiger partial charge in [-0.25, -0.2) is 8.78 Å². The predicted molar refractivity (Wildman–Crippen MR) is 99.4 cm³/mol. The van der Waals surface area contributed by atoms with Gasteiger partial charge in [-0.1, -0.05) is 0 Å². The van der Waals surface area contributed by atoms with Crippen molar-refractivity contribution in [3.63, 3.8) is 0 Å². The topological polar surface area (TPSA) is 68.5 Å². The molecule has 2 aromatic carbocycles. The summed E-state index contributed by atoms with van der Waals surface area (Å²) in [6.07, 6.45) is -0.456. The second kappa shape index (κ2) is 7.42. The molecular formula is C21H19F2NO4. The van der Waals surface area contributed by atoms with Gasteiger partial charge in [0.05, 0.1) is 18.0 Å². The summed E-state index contributed by atoms with van der Waals surface area (Å²) in [7, 11) is 0. The van der Waals surface area contributed by atoms with E-state index in [0.29, 0.717) is 16.6 Å². The van der Waals surface area contributed by atoms with E-state index in [1.807, 2.05) is 0 Å². The minimum atomic E-state index is -0.894. The Morgan fingerprint density at radius 1 is 1.14 bits per heavy atom. The SMILES string of the molecule is Cc1c(CC(=O)OC(C)C)c2cc(O)c(F)cc2n1C(=O)c1ccc(F)cc1. The summed E-state index contributed by atoms with van der Waals surface area (Å²) in [6, 6.07) is 7.18. The van der Waals surface area contributed by atoms with Crippen molar-refractivity contribution in [3.05, 3.63) is 64.9 Å². The van der Waals surface area contributed by atoms with Gasteiger partial charge in [-0.3, -0.25) is 14.2 Å². The number of fused-ring (bicyclic) bond motifs is 1. The Morgan fingerprint density at radius 2 is 1.79 bits per heavy atom. The molecular weight excluding hydrogens is 368 g/mol. The molecule has 0 aliphatic carbocycles. The largest absolute Gasteiger partial charge is 0.505 e. The number of aromatic nitrogens is 1. The van der Waals surface area contributed by atoms with Gasteiger partial charge in [-0.2, -0.15) is 0 Å². The number of hydrogen-bond donors (Lipinski definition) is 1. The van der Waals surface area contributed by atoms with E-state index in [9.17, 15) is 23.5 Å². The van der Waals surface area contributed by atoms with Crippen molar-refractivity contribution in [1.29, 1.82) is 0 Å². The summed E-state index contributed by atoms with van der Waals surface area (Å²) in [6.45, 7) is 5.05. The number of rotatable bonds is 4. The van der Waals surface area contributed by atoms with Gasteiger partial charge in [0.2, 0.25) is 0 Å². The Morgan fingerprint density at radius 3 is 2.39 bits per heavy atom. The number of nitrogens with zero attached hydrogens (tertiary/aromatic N) is 1. The maximum atomic E-state index is 14.0. The average Bonchev–Trinajstić information content (AvgIpc) is 2.86. The van der Waals surface area contributed by atoms with Gasteiger partial charge in [-0.15, -0.1) is 0 Å². The lowest BCUT2D eigenvalue weighted by molar-refractivity contribution is -0.146. The monoisotopic (exact) mass is 387 g/mol. The maximum Gasteiger partial charge on any atom is 0.310 e. The lowest BCUT2D eigenvalue weighted by Crippen LogP contribution is -2.16. The summed E-state index contributed by atoms with van der Waals surface area (Å²) in [5.41, 5.74) is 1.27. The molecule has 1 heterocycles. The molecule has 0 saturated carbocycles. The number of benzene rings is 2. The highest BCUT2D eigenvalue weighted by Crippen LogP contribution is 2.32. The predicted octanol–water partition coefficient (Wildman–Crippen LogP) is 4.12. The van der Waals surface area contributed by atoms with Crippen molar-refractivity contribution in [2.75, 3.05) is 0 Å². The van der Waals surface area contributed by atoms with Crippen molar-refractivity contribution in [2.45, 2.75) is 33.3 Å². The zero-order valence-electron chi connectivity index (χ0n) is 15.6. The number of aromatic hydroxyl groups is 1. The van der Waals surface area contributed by atoms with Crippen LogP contribution in [0.5, 0.6) is 5.75 Å². The zero-order chi connectivity index (χ0) is 20.6. The van der Waals surface area contributed by atoms with Crippen LogP contribution < -0.4 is 0 Å². The van der Waals surface area contributed by atoms with Crippen LogP contribution in [0.3, 0.4) is 0 Å². The van der Waals surface area contributed by atoms with Crippen LogP contribution in [-0.2, 0) is 16.0 Å². The van der Waals surface area contributed by atoms with Gasteiger partial charge in [0.15, 0.2) is 11.6 Å². The summed E-state index contributed by atoms with van der Waals surface area (Å²) < 4.78 is 33.6. The Hall–Kier alpha value is -3.22. The fraction of sp³-hybridized carbons (Fsp3) is 0.238. The molecule has 1 aromatic heterocycles. The highest BCUT2D eigenvalue weighted by atomic mass is 19.1. The molecule has 0 bridgehead atoms. The minimum absolute atomic E-state index is 0.144. The smallest absolute Gasteiger partial charge is 0.310 e. The third-order valence-corrected chi connectivity index (χ3v) is 4.39. The lowest BCUT2D eigenvalue weighted by Gasteiger charge is -2.09. The number of ether oxygens (including phenoxy) is 1. The average molecular weight is 387 g/mol. The first-order chi connectivity index (χ1) is 13.2. The first-order valence-corrected chi connectivity index (χ1v) is 8.71. The second-order valence-electron chi connectivity index (χ2n) is 6.75. The third kappa shape index (κ3) is 3.60. The molecule has 1 N–H and O–H groups in total. The van der Waals surface area contributed by atoms with E-state index in [1.165, 1.54) is 22.8 Å². The number of carbonyl (C=O) groups excluding carboxylic acids is 2. The van der Waals surface area contributed by atoms with Crippen LogP contribution in [0.15, 0.2) is 36.4 Å². The van der Waals surface area contributed by atoms with E-state index in [-0.39, 0.29) is 23.6 Å². The fourth-order valence-corrected chi connectivity index (χ4v) is 3.14. The first kappa shape index (κ1) is 19.5. The third-order valence-electron chi connectivity index (χ3n) is 4.39. The molecule has 28 heavy (non-hydrogen) atoms. The van der Waals surface area contributed by atoms with Crippen LogP contribution in [0.4, 0.5) is 8.78 Å². The Kier molecular flexibility index (Phi) is 5.18. The molecule has 3 rings (SSSR count). The summed E-state index contributed by atoms with van der Waals surface area (Å²) in [5, 5.41) is 10.1.